The van der Waals surface area contributed by atoms with Gasteiger partial charge < -0.3 is 14.7 Å². The average Bonchev–Trinajstić information content (AvgIpc) is 2.60. The van der Waals surface area contributed by atoms with Crippen molar-refractivity contribution in [3.05, 3.63) is 42.2 Å². The fourth-order valence-electron chi connectivity index (χ4n) is 3.62. The molecule has 0 aliphatic carbocycles. The molecule has 5 heteroatoms. The number of carbonyl (C=O) groups is 1. The lowest BCUT2D eigenvalue weighted by molar-refractivity contribution is 0.00246. The highest BCUT2D eigenvalue weighted by Gasteiger charge is 2.32. The summed E-state index contributed by atoms with van der Waals surface area (Å²) in [5, 5.41) is 12.9. The quantitative estimate of drug-likeness (QED) is 0.883. The maximum Gasteiger partial charge on any atom is 0.410 e. The fourth-order valence-corrected chi connectivity index (χ4v) is 3.62. The number of benzene rings is 1. The number of fused-ring (bicyclic) bond motifs is 1. The smallest absolute Gasteiger partial charge is 0.410 e. The van der Waals surface area contributed by atoms with E-state index in [0.29, 0.717) is 13.0 Å². The van der Waals surface area contributed by atoms with Gasteiger partial charge in [0.2, 0.25) is 0 Å². The number of ether oxygens (including phenoxy) is 1. The number of hydrogen-bond donors (Lipinski definition) is 1. The number of likely N-dealkylation sites (tertiary alicyclic amines) is 1. The molecule has 1 amide bonds. The molecule has 5 nitrogen and oxygen atoms in total. The Morgan fingerprint density at radius 2 is 2.15 bits per heavy atom. The Labute approximate surface area is 155 Å². The third kappa shape index (κ3) is 4.33. The van der Waals surface area contributed by atoms with E-state index in [-0.39, 0.29) is 12.1 Å². The molecule has 3 rings (SSSR count). The monoisotopic (exact) mass is 356 g/mol. The number of aliphatic hydroxyl groups is 1. The molecule has 0 saturated carbocycles. The van der Waals surface area contributed by atoms with Crippen LogP contribution in [0.5, 0.6) is 0 Å². The van der Waals surface area contributed by atoms with Gasteiger partial charge in [0.25, 0.3) is 0 Å². The van der Waals surface area contributed by atoms with Crippen LogP contribution >= 0.6 is 0 Å². The second-order valence-electron chi connectivity index (χ2n) is 8.02. The largest absolute Gasteiger partial charge is 0.444 e. The van der Waals surface area contributed by atoms with Gasteiger partial charge in [-0.2, -0.15) is 0 Å². The Morgan fingerprint density at radius 1 is 1.35 bits per heavy atom. The first-order valence-electron chi connectivity index (χ1n) is 9.35. The normalized spacial score (nSPS) is 19.4. The first kappa shape index (κ1) is 18.6. The van der Waals surface area contributed by atoms with Crippen LogP contribution in [0.1, 0.15) is 58.1 Å². The minimum absolute atomic E-state index is 0.0134. The van der Waals surface area contributed by atoms with Crippen LogP contribution in [0.4, 0.5) is 4.79 Å². The minimum atomic E-state index is -0.643. The van der Waals surface area contributed by atoms with Crippen molar-refractivity contribution < 1.29 is 14.6 Å². The van der Waals surface area contributed by atoms with E-state index in [2.05, 4.69) is 4.98 Å². The third-order valence-corrected chi connectivity index (χ3v) is 4.83. The lowest BCUT2D eigenvalue weighted by atomic mass is 9.92. The van der Waals surface area contributed by atoms with Gasteiger partial charge in [-0.1, -0.05) is 18.2 Å². The van der Waals surface area contributed by atoms with Crippen LogP contribution in [0.2, 0.25) is 0 Å². The van der Waals surface area contributed by atoms with Gasteiger partial charge in [-0.25, -0.2) is 4.79 Å². The van der Waals surface area contributed by atoms with Gasteiger partial charge in [0.1, 0.15) is 5.60 Å². The Morgan fingerprint density at radius 3 is 2.92 bits per heavy atom. The van der Waals surface area contributed by atoms with E-state index in [1.807, 2.05) is 45.0 Å². The van der Waals surface area contributed by atoms with E-state index in [0.717, 1.165) is 35.6 Å². The molecule has 1 aliphatic rings. The van der Waals surface area contributed by atoms with Crippen LogP contribution in [-0.4, -0.2) is 39.3 Å². The third-order valence-electron chi connectivity index (χ3n) is 4.83. The maximum absolute atomic E-state index is 12.6. The molecular weight excluding hydrogens is 328 g/mol. The molecule has 0 unspecified atom stereocenters. The topological polar surface area (TPSA) is 62.7 Å². The summed E-state index contributed by atoms with van der Waals surface area (Å²) < 4.78 is 5.56. The van der Waals surface area contributed by atoms with Gasteiger partial charge >= 0.3 is 6.09 Å². The molecular formula is C21H28N2O3. The minimum Gasteiger partial charge on any atom is -0.444 e. The number of amides is 1. The molecule has 0 bridgehead atoms. The number of pyridine rings is 1. The van der Waals surface area contributed by atoms with E-state index in [4.69, 9.17) is 4.74 Å². The number of carbonyl (C=O) groups excluding carboxylic acids is 1. The molecule has 26 heavy (non-hydrogen) atoms. The highest BCUT2D eigenvalue weighted by molar-refractivity contribution is 5.85. The summed E-state index contributed by atoms with van der Waals surface area (Å²) in [7, 11) is 0. The van der Waals surface area contributed by atoms with Crippen molar-refractivity contribution in [1.82, 2.24) is 9.88 Å². The molecule has 140 valence electrons. The summed E-state index contributed by atoms with van der Waals surface area (Å²) in [6.45, 7) is 6.31. The zero-order chi connectivity index (χ0) is 18.7. The molecule has 1 aliphatic heterocycles. The van der Waals surface area contributed by atoms with Crippen LogP contribution in [0.25, 0.3) is 10.8 Å². The molecule has 2 atom stereocenters. The molecule has 1 aromatic carbocycles. The molecule has 1 fully saturated rings. The lowest BCUT2D eigenvalue weighted by Gasteiger charge is -2.37. The van der Waals surface area contributed by atoms with Crippen molar-refractivity contribution in [3.63, 3.8) is 0 Å². The van der Waals surface area contributed by atoms with Crippen LogP contribution in [-0.2, 0) is 4.74 Å². The molecule has 2 heterocycles. The van der Waals surface area contributed by atoms with Crippen LogP contribution in [0.3, 0.4) is 0 Å². The second kappa shape index (κ2) is 7.62. The summed E-state index contributed by atoms with van der Waals surface area (Å²) in [6.07, 6.45) is 6.05. The molecule has 1 saturated heterocycles. The number of aliphatic hydroxyl groups excluding tert-OH is 1. The van der Waals surface area contributed by atoms with Gasteiger partial charge in [0, 0.05) is 30.4 Å². The first-order chi connectivity index (χ1) is 12.3. The summed E-state index contributed by atoms with van der Waals surface area (Å²) in [4.78, 5) is 18.6. The predicted octanol–water partition coefficient (Wildman–Crippen LogP) is 4.45. The summed E-state index contributed by atoms with van der Waals surface area (Å²) in [6, 6.07) is 7.84. The van der Waals surface area contributed by atoms with E-state index in [9.17, 15) is 9.90 Å². The van der Waals surface area contributed by atoms with Crippen LogP contribution in [0, 0.1) is 0 Å². The number of hydrogen-bond acceptors (Lipinski definition) is 4. The summed E-state index contributed by atoms with van der Waals surface area (Å²) >= 11 is 0. The van der Waals surface area contributed by atoms with Crippen LogP contribution < -0.4 is 0 Å². The predicted molar refractivity (Wildman–Crippen MR) is 102 cm³/mol. The highest BCUT2D eigenvalue weighted by atomic mass is 16.6. The lowest BCUT2D eigenvalue weighted by Crippen LogP contribution is -2.46. The molecule has 0 radical (unpaired) electrons. The number of rotatable bonds is 3. The standard InChI is InChI=1S/C21H28N2O3/c1-21(2,3)26-20(25)23-12-5-4-8-16(23)13-19(24)17-9-6-7-15-10-11-22-14-18(15)17/h6-7,9-11,14,16,19,24H,4-5,8,12-13H2,1-3H3/t16-,19-/m0/s1. The van der Waals surface area contributed by atoms with E-state index < -0.39 is 11.7 Å². The Balaban J connectivity index is 1.77. The molecule has 1 N–H and O–H groups in total. The van der Waals surface area contributed by atoms with E-state index in [1.165, 1.54) is 0 Å². The second-order valence-corrected chi connectivity index (χ2v) is 8.02. The molecule has 2 aromatic rings. The van der Waals surface area contributed by atoms with Gasteiger partial charge in [0.15, 0.2) is 0 Å². The molecule has 0 spiro atoms. The number of piperidine rings is 1. The summed E-state index contributed by atoms with van der Waals surface area (Å²) in [5.41, 5.74) is 0.351. The Bertz CT molecular complexity index is 764. The number of nitrogens with zero attached hydrogens (tertiary/aromatic N) is 2. The van der Waals surface area contributed by atoms with Crippen molar-refractivity contribution in [1.29, 1.82) is 0 Å². The van der Waals surface area contributed by atoms with Crippen LogP contribution in [0.15, 0.2) is 36.7 Å². The van der Waals surface area contributed by atoms with Crippen molar-refractivity contribution in [2.75, 3.05) is 6.54 Å². The van der Waals surface area contributed by atoms with Crippen molar-refractivity contribution >= 4 is 16.9 Å². The number of aromatic nitrogens is 1. The van der Waals surface area contributed by atoms with Crippen molar-refractivity contribution in [3.8, 4) is 0 Å². The van der Waals surface area contributed by atoms with E-state index in [1.54, 1.807) is 17.3 Å². The van der Waals surface area contributed by atoms with Gasteiger partial charge in [-0.05, 0) is 63.5 Å². The van der Waals surface area contributed by atoms with Gasteiger partial charge in [-0.15, -0.1) is 0 Å². The van der Waals surface area contributed by atoms with Crippen molar-refractivity contribution in [2.45, 2.75) is 64.2 Å². The fraction of sp³-hybridized carbons (Fsp3) is 0.524. The Kier molecular flexibility index (Phi) is 5.47. The average molecular weight is 356 g/mol. The van der Waals surface area contributed by atoms with Gasteiger partial charge in [0.05, 0.1) is 6.10 Å². The first-order valence-corrected chi connectivity index (χ1v) is 9.35. The Hall–Kier alpha value is -2.14. The van der Waals surface area contributed by atoms with Crippen molar-refractivity contribution in [2.24, 2.45) is 0 Å². The van der Waals surface area contributed by atoms with Gasteiger partial charge in [-0.3, -0.25) is 4.98 Å². The van der Waals surface area contributed by atoms with E-state index >= 15 is 0 Å². The molecule has 1 aromatic heterocycles. The SMILES string of the molecule is CC(C)(C)OC(=O)N1CCCC[C@H]1C[C@H](O)c1cccc2ccncc12. The maximum atomic E-state index is 12.6. The zero-order valence-electron chi connectivity index (χ0n) is 15.8. The zero-order valence-corrected chi connectivity index (χ0v) is 15.8. The highest BCUT2D eigenvalue weighted by Crippen LogP contribution is 2.31. The summed E-state index contributed by atoms with van der Waals surface area (Å²) in [5.74, 6) is 0.